The lowest BCUT2D eigenvalue weighted by Crippen LogP contribution is -2.34. The molecule has 4 heteroatoms. The van der Waals surface area contributed by atoms with Crippen molar-refractivity contribution in [3.8, 4) is 5.75 Å². The molecule has 2 aromatic carbocycles. The first-order valence-electron chi connectivity index (χ1n) is 8.62. The highest BCUT2D eigenvalue weighted by Gasteiger charge is 2.08. The SMILES string of the molecule is COc1ccc(CCC(C)NC(=O)CSCc2cccc(C)c2)cc1. The van der Waals surface area contributed by atoms with Gasteiger partial charge in [-0.3, -0.25) is 4.79 Å². The average Bonchev–Trinajstić information content (AvgIpc) is 2.60. The number of carbonyl (C=O) groups excluding carboxylic acids is 1. The Labute approximate surface area is 155 Å². The zero-order chi connectivity index (χ0) is 18.1. The molecule has 0 aromatic heterocycles. The summed E-state index contributed by atoms with van der Waals surface area (Å²) in [4.78, 5) is 12.1. The van der Waals surface area contributed by atoms with Crippen molar-refractivity contribution < 1.29 is 9.53 Å². The summed E-state index contributed by atoms with van der Waals surface area (Å²) in [6.45, 7) is 4.15. The van der Waals surface area contributed by atoms with Crippen LogP contribution in [0.25, 0.3) is 0 Å². The first kappa shape index (κ1) is 19.4. The third-order valence-electron chi connectivity index (χ3n) is 4.02. The monoisotopic (exact) mass is 357 g/mol. The summed E-state index contributed by atoms with van der Waals surface area (Å²) in [5.41, 5.74) is 3.79. The van der Waals surface area contributed by atoms with Crippen molar-refractivity contribution in [3.05, 3.63) is 65.2 Å². The molecular weight excluding hydrogens is 330 g/mol. The minimum absolute atomic E-state index is 0.111. The predicted molar refractivity (Wildman–Crippen MR) is 106 cm³/mol. The molecule has 2 rings (SSSR count). The van der Waals surface area contributed by atoms with Crippen LogP contribution in [0.4, 0.5) is 0 Å². The van der Waals surface area contributed by atoms with Crippen molar-refractivity contribution in [1.82, 2.24) is 5.32 Å². The molecule has 25 heavy (non-hydrogen) atoms. The van der Waals surface area contributed by atoms with Crippen LogP contribution >= 0.6 is 11.8 Å². The molecule has 0 aliphatic carbocycles. The van der Waals surface area contributed by atoms with Crippen LogP contribution in [0.3, 0.4) is 0 Å². The van der Waals surface area contributed by atoms with Gasteiger partial charge < -0.3 is 10.1 Å². The zero-order valence-corrected chi connectivity index (χ0v) is 16.1. The number of ether oxygens (including phenoxy) is 1. The summed E-state index contributed by atoms with van der Waals surface area (Å²) in [5.74, 6) is 2.35. The molecule has 1 atom stereocenters. The molecule has 134 valence electrons. The molecule has 1 N–H and O–H groups in total. The molecule has 0 heterocycles. The highest BCUT2D eigenvalue weighted by Crippen LogP contribution is 2.14. The Morgan fingerprint density at radius 1 is 1.16 bits per heavy atom. The number of hydrogen-bond donors (Lipinski definition) is 1. The number of hydrogen-bond acceptors (Lipinski definition) is 3. The summed E-state index contributed by atoms with van der Waals surface area (Å²) in [5, 5.41) is 3.09. The lowest BCUT2D eigenvalue weighted by atomic mass is 10.1. The van der Waals surface area contributed by atoms with E-state index in [9.17, 15) is 4.79 Å². The van der Waals surface area contributed by atoms with E-state index in [0.717, 1.165) is 24.3 Å². The van der Waals surface area contributed by atoms with E-state index in [-0.39, 0.29) is 11.9 Å². The molecule has 0 saturated heterocycles. The lowest BCUT2D eigenvalue weighted by Gasteiger charge is -2.14. The summed E-state index contributed by atoms with van der Waals surface area (Å²) < 4.78 is 5.16. The fraction of sp³-hybridized carbons (Fsp3) is 0.381. The van der Waals surface area contributed by atoms with Gasteiger partial charge in [-0.05, 0) is 49.9 Å². The van der Waals surface area contributed by atoms with E-state index in [2.05, 4.69) is 55.6 Å². The minimum atomic E-state index is 0.111. The quantitative estimate of drug-likeness (QED) is 0.724. The molecule has 0 aliphatic heterocycles. The lowest BCUT2D eigenvalue weighted by molar-refractivity contribution is -0.119. The molecule has 0 radical (unpaired) electrons. The van der Waals surface area contributed by atoms with Gasteiger partial charge in [0, 0.05) is 11.8 Å². The van der Waals surface area contributed by atoms with E-state index >= 15 is 0 Å². The van der Waals surface area contributed by atoms with E-state index in [1.54, 1.807) is 18.9 Å². The number of nitrogens with one attached hydrogen (secondary N) is 1. The highest BCUT2D eigenvalue weighted by molar-refractivity contribution is 7.99. The van der Waals surface area contributed by atoms with Gasteiger partial charge >= 0.3 is 0 Å². The maximum Gasteiger partial charge on any atom is 0.230 e. The van der Waals surface area contributed by atoms with Gasteiger partial charge in [0.05, 0.1) is 12.9 Å². The first-order valence-corrected chi connectivity index (χ1v) is 9.78. The van der Waals surface area contributed by atoms with Crippen molar-refractivity contribution in [1.29, 1.82) is 0 Å². The number of rotatable bonds is 9. The third-order valence-corrected chi connectivity index (χ3v) is 5.02. The van der Waals surface area contributed by atoms with Crippen LogP contribution in [-0.4, -0.2) is 24.8 Å². The van der Waals surface area contributed by atoms with Crippen LogP contribution in [0.15, 0.2) is 48.5 Å². The van der Waals surface area contributed by atoms with Crippen LogP contribution < -0.4 is 10.1 Å². The topological polar surface area (TPSA) is 38.3 Å². The maximum atomic E-state index is 12.1. The molecule has 3 nitrogen and oxygen atoms in total. The Bertz CT molecular complexity index is 670. The second-order valence-corrected chi connectivity index (χ2v) is 7.32. The van der Waals surface area contributed by atoms with E-state index < -0.39 is 0 Å². The molecule has 0 saturated carbocycles. The number of thioether (sulfide) groups is 1. The Morgan fingerprint density at radius 2 is 1.92 bits per heavy atom. The number of methoxy groups -OCH3 is 1. The van der Waals surface area contributed by atoms with Gasteiger partial charge in [0.1, 0.15) is 5.75 Å². The molecule has 0 spiro atoms. The predicted octanol–water partition coefficient (Wildman–Crippen LogP) is 4.37. The zero-order valence-electron chi connectivity index (χ0n) is 15.2. The summed E-state index contributed by atoms with van der Waals surface area (Å²) in [6.07, 6.45) is 1.88. The highest BCUT2D eigenvalue weighted by atomic mass is 32.2. The largest absolute Gasteiger partial charge is 0.497 e. The minimum Gasteiger partial charge on any atom is -0.497 e. The summed E-state index contributed by atoms with van der Waals surface area (Å²) in [7, 11) is 1.67. The first-order chi connectivity index (χ1) is 12.1. The molecule has 0 fully saturated rings. The number of amides is 1. The number of benzene rings is 2. The second kappa shape index (κ2) is 10.1. The number of carbonyl (C=O) groups is 1. The van der Waals surface area contributed by atoms with Crippen LogP contribution in [0.1, 0.15) is 30.0 Å². The van der Waals surface area contributed by atoms with E-state index in [1.807, 2.05) is 12.1 Å². The van der Waals surface area contributed by atoms with E-state index in [4.69, 9.17) is 4.74 Å². The molecule has 0 bridgehead atoms. The Hall–Kier alpha value is -1.94. The fourth-order valence-corrected chi connectivity index (χ4v) is 3.41. The fourth-order valence-electron chi connectivity index (χ4n) is 2.63. The Balaban J connectivity index is 1.65. The van der Waals surface area contributed by atoms with Crippen LogP contribution in [-0.2, 0) is 17.0 Å². The van der Waals surface area contributed by atoms with Crippen LogP contribution in [0.5, 0.6) is 5.75 Å². The number of aryl methyl sites for hydroxylation is 2. The van der Waals surface area contributed by atoms with Gasteiger partial charge in [0.25, 0.3) is 0 Å². The molecule has 1 unspecified atom stereocenters. The van der Waals surface area contributed by atoms with Gasteiger partial charge in [-0.2, -0.15) is 0 Å². The van der Waals surface area contributed by atoms with Crippen LogP contribution in [0, 0.1) is 6.92 Å². The normalized spacial score (nSPS) is 11.8. The van der Waals surface area contributed by atoms with Crippen molar-refractivity contribution in [3.63, 3.8) is 0 Å². The van der Waals surface area contributed by atoms with E-state index in [0.29, 0.717) is 5.75 Å². The summed E-state index contributed by atoms with van der Waals surface area (Å²) >= 11 is 1.66. The standard InChI is InChI=1S/C21H27NO2S/c1-16-5-4-6-19(13-16)14-25-15-21(23)22-17(2)7-8-18-9-11-20(24-3)12-10-18/h4-6,9-13,17H,7-8,14-15H2,1-3H3,(H,22,23). The molecular formula is C21H27NO2S. The van der Waals surface area contributed by atoms with Crippen molar-refractivity contribution in [2.24, 2.45) is 0 Å². The van der Waals surface area contributed by atoms with Crippen molar-refractivity contribution in [2.45, 2.75) is 38.5 Å². The van der Waals surface area contributed by atoms with Crippen LogP contribution in [0.2, 0.25) is 0 Å². The molecule has 0 aliphatic rings. The average molecular weight is 358 g/mol. The van der Waals surface area contributed by atoms with Gasteiger partial charge in [-0.25, -0.2) is 0 Å². The second-order valence-electron chi connectivity index (χ2n) is 6.34. The molecule has 1 amide bonds. The maximum absolute atomic E-state index is 12.1. The Kier molecular flexibility index (Phi) is 7.86. The van der Waals surface area contributed by atoms with E-state index in [1.165, 1.54) is 16.7 Å². The third kappa shape index (κ3) is 7.22. The van der Waals surface area contributed by atoms with Crippen molar-refractivity contribution >= 4 is 17.7 Å². The van der Waals surface area contributed by atoms with Gasteiger partial charge in [0.15, 0.2) is 0 Å². The van der Waals surface area contributed by atoms with Gasteiger partial charge in [-0.15, -0.1) is 11.8 Å². The van der Waals surface area contributed by atoms with Crippen molar-refractivity contribution in [2.75, 3.05) is 12.9 Å². The van der Waals surface area contributed by atoms with Gasteiger partial charge in [-0.1, -0.05) is 42.0 Å². The summed E-state index contributed by atoms with van der Waals surface area (Å²) in [6, 6.07) is 16.7. The van der Waals surface area contributed by atoms with Gasteiger partial charge in [0.2, 0.25) is 5.91 Å². The molecule has 2 aromatic rings. The Morgan fingerprint density at radius 3 is 2.60 bits per heavy atom. The smallest absolute Gasteiger partial charge is 0.230 e.